The third-order valence-electron chi connectivity index (χ3n) is 2.62. The summed E-state index contributed by atoms with van der Waals surface area (Å²) in [7, 11) is 0. The van der Waals surface area contributed by atoms with Crippen LogP contribution in [0.1, 0.15) is 36.0 Å². The Morgan fingerprint density at radius 3 is 2.47 bits per heavy atom. The van der Waals surface area contributed by atoms with E-state index in [1.54, 1.807) is 11.3 Å². The SMILES string of the molecule is Cc1cc(-c2nc(C(C)C)nc(Cl)c2C)cs1. The zero-order valence-corrected chi connectivity index (χ0v) is 12.0. The van der Waals surface area contributed by atoms with Crippen molar-refractivity contribution in [1.29, 1.82) is 0 Å². The molecule has 0 saturated heterocycles. The molecule has 0 N–H and O–H groups in total. The van der Waals surface area contributed by atoms with Crippen molar-refractivity contribution in [3.05, 3.63) is 32.9 Å². The van der Waals surface area contributed by atoms with Crippen molar-refractivity contribution in [3.8, 4) is 11.3 Å². The highest BCUT2D eigenvalue weighted by molar-refractivity contribution is 7.10. The van der Waals surface area contributed by atoms with Crippen molar-refractivity contribution >= 4 is 22.9 Å². The molecule has 0 fully saturated rings. The highest BCUT2D eigenvalue weighted by atomic mass is 35.5. The van der Waals surface area contributed by atoms with Crippen LogP contribution in [0.5, 0.6) is 0 Å². The summed E-state index contributed by atoms with van der Waals surface area (Å²) in [6, 6.07) is 2.14. The first-order chi connectivity index (χ1) is 7.99. The van der Waals surface area contributed by atoms with Gasteiger partial charge in [-0.05, 0) is 19.9 Å². The first-order valence-corrected chi connectivity index (χ1v) is 6.84. The standard InChI is InChI=1S/C13H15ClN2S/c1-7(2)13-15-11(9(4)12(14)16-13)10-5-8(3)17-6-10/h5-7H,1-4H3. The number of halogens is 1. The molecule has 2 rings (SSSR count). The van der Waals surface area contributed by atoms with Crippen LogP contribution in [0.2, 0.25) is 5.15 Å². The van der Waals surface area contributed by atoms with E-state index in [0.717, 1.165) is 22.6 Å². The lowest BCUT2D eigenvalue weighted by Crippen LogP contribution is -2.01. The highest BCUT2D eigenvalue weighted by Crippen LogP contribution is 2.30. The third kappa shape index (κ3) is 2.50. The maximum absolute atomic E-state index is 6.17. The van der Waals surface area contributed by atoms with E-state index >= 15 is 0 Å². The summed E-state index contributed by atoms with van der Waals surface area (Å²) in [6.45, 7) is 8.21. The van der Waals surface area contributed by atoms with Crippen molar-refractivity contribution in [1.82, 2.24) is 9.97 Å². The predicted octanol–water partition coefficient (Wildman–Crippen LogP) is 4.60. The van der Waals surface area contributed by atoms with Crippen LogP contribution in [0.25, 0.3) is 11.3 Å². The molecule has 0 atom stereocenters. The van der Waals surface area contributed by atoms with Gasteiger partial charge in [0.2, 0.25) is 0 Å². The summed E-state index contributed by atoms with van der Waals surface area (Å²) in [5.41, 5.74) is 3.04. The number of nitrogens with zero attached hydrogens (tertiary/aromatic N) is 2. The van der Waals surface area contributed by atoms with Crippen LogP contribution in [-0.4, -0.2) is 9.97 Å². The summed E-state index contributed by atoms with van der Waals surface area (Å²) >= 11 is 7.90. The Morgan fingerprint density at radius 2 is 1.94 bits per heavy atom. The van der Waals surface area contributed by atoms with Gasteiger partial charge in [0.25, 0.3) is 0 Å². The second-order valence-electron chi connectivity index (χ2n) is 4.45. The molecule has 2 aromatic heterocycles. The van der Waals surface area contributed by atoms with Gasteiger partial charge in [0.15, 0.2) is 0 Å². The summed E-state index contributed by atoms with van der Waals surface area (Å²) in [5, 5.41) is 2.67. The van der Waals surface area contributed by atoms with Gasteiger partial charge in [-0.25, -0.2) is 9.97 Å². The number of aryl methyl sites for hydroxylation is 1. The maximum Gasteiger partial charge on any atom is 0.136 e. The van der Waals surface area contributed by atoms with E-state index in [0.29, 0.717) is 5.15 Å². The van der Waals surface area contributed by atoms with E-state index in [1.807, 2.05) is 6.92 Å². The molecule has 0 aliphatic heterocycles. The number of hydrogen-bond acceptors (Lipinski definition) is 3. The molecule has 0 amide bonds. The van der Waals surface area contributed by atoms with Crippen LogP contribution in [0.3, 0.4) is 0 Å². The molecule has 0 aliphatic carbocycles. The molecule has 0 spiro atoms. The van der Waals surface area contributed by atoms with Gasteiger partial charge in [-0.15, -0.1) is 11.3 Å². The molecule has 90 valence electrons. The smallest absolute Gasteiger partial charge is 0.136 e. The monoisotopic (exact) mass is 266 g/mol. The second kappa shape index (κ2) is 4.75. The molecule has 4 heteroatoms. The first kappa shape index (κ1) is 12.5. The van der Waals surface area contributed by atoms with Crippen LogP contribution in [-0.2, 0) is 0 Å². The maximum atomic E-state index is 6.17. The summed E-state index contributed by atoms with van der Waals surface area (Å²) in [5.74, 6) is 1.09. The quantitative estimate of drug-likeness (QED) is 0.743. The van der Waals surface area contributed by atoms with Gasteiger partial charge >= 0.3 is 0 Å². The topological polar surface area (TPSA) is 25.8 Å². The highest BCUT2D eigenvalue weighted by Gasteiger charge is 2.13. The van der Waals surface area contributed by atoms with Gasteiger partial charge in [-0.3, -0.25) is 0 Å². The zero-order valence-electron chi connectivity index (χ0n) is 10.4. The van der Waals surface area contributed by atoms with Crippen molar-refractivity contribution in [2.45, 2.75) is 33.6 Å². The molecule has 0 bridgehead atoms. The van der Waals surface area contributed by atoms with Crippen LogP contribution >= 0.6 is 22.9 Å². The largest absolute Gasteiger partial charge is 0.232 e. The van der Waals surface area contributed by atoms with Crippen molar-refractivity contribution in [2.24, 2.45) is 0 Å². The Bertz CT molecular complexity index is 546. The van der Waals surface area contributed by atoms with E-state index in [9.17, 15) is 0 Å². The van der Waals surface area contributed by atoms with Crippen LogP contribution in [0, 0.1) is 13.8 Å². The van der Waals surface area contributed by atoms with Gasteiger partial charge in [0.1, 0.15) is 11.0 Å². The molecule has 0 aromatic carbocycles. The van der Waals surface area contributed by atoms with E-state index in [2.05, 4.69) is 42.2 Å². The summed E-state index contributed by atoms with van der Waals surface area (Å²) < 4.78 is 0. The molecular formula is C13H15ClN2S. The number of thiophene rings is 1. The zero-order chi connectivity index (χ0) is 12.6. The van der Waals surface area contributed by atoms with Crippen molar-refractivity contribution in [2.75, 3.05) is 0 Å². The molecular weight excluding hydrogens is 252 g/mol. The fraction of sp³-hybridized carbons (Fsp3) is 0.385. The number of rotatable bonds is 2. The normalized spacial score (nSPS) is 11.2. The Balaban J connectivity index is 2.60. The Kier molecular flexibility index (Phi) is 3.50. The minimum Gasteiger partial charge on any atom is -0.232 e. The molecule has 0 aliphatic rings. The van der Waals surface area contributed by atoms with Gasteiger partial charge in [0.05, 0.1) is 5.69 Å². The van der Waals surface area contributed by atoms with Crippen LogP contribution in [0.15, 0.2) is 11.4 Å². The van der Waals surface area contributed by atoms with Crippen LogP contribution in [0.4, 0.5) is 0 Å². The average molecular weight is 267 g/mol. The lowest BCUT2D eigenvalue weighted by molar-refractivity contribution is 0.773. The average Bonchev–Trinajstić information content (AvgIpc) is 2.68. The van der Waals surface area contributed by atoms with E-state index in [4.69, 9.17) is 11.6 Å². The molecule has 2 nitrogen and oxygen atoms in total. The molecule has 0 unspecified atom stereocenters. The van der Waals surface area contributed by atoms with Gasteiger partial charge in [-0.2, -0.15) is 0 Å². The fourth-order valence-electron chi connectivity index (χ4n) is 1.61. The Labute approximate surface area is 111 Å². The minimum atomic E-state index is 0.284. The first-order valence-electron chi connectivity index (χ1n) is 5.58. The second-order valence-corrected chi connectivity index (χ2v) is 5.92. The molecule has 0 radical (unpaired) electrons. The molecule has 17 heavy (non-hydrogen) atoms. The lowest BCUT2D eigenvalue weighted by atomic mass is 10.1. The minimum absolute atomic E-state index is 0.284. The van der Waals surface area contributed by atoms with Gasteiger partial charge in [0, 0.05) is 27.3 Å². The fourth-order valence-corrected chi connectivity index (χ4v) is 2.48. The van der Waals surface area contributed by atoms with Crippen molar-refractivity contribution in [3.63, 3.8) is 0 Å². The van der Waals surface area contributed by atoms with Gasteiger partial charge in [-0.1, -0.05) is 25.4 Å². The third-order valence-corrected chi connectivity index (χ3v) is 3.85. The van der Waals surface area contributed by atoms with E-state index in [1.165, 1.54) is 4.88 Å². The van der Waals surface area contributed by atoms with Gasteiger partial charge < -0.3 is 0 Å². The molecule has 2 heterocycles. The summed E-state index contributed by atoms with van der Waals surface area (Å²) in [6.07, 6.45) is 0. The molecule has 2 aromatic rings. The van der Waals surface area contributed by atoms with Crippen LogP contribution < -0.4 is 0 Å². The predicted molar refractivity (Wildman–Crippen MR) is 73.9 cm³/mol. The number of aromatic nitrogens is 2. The lowest BCUT2D eigenvalue weighted by Gasteiger charge is -2.10. The Morgan fingerprint density at radius 1 is 1.24 bits per heavy atom. The number of hydrogen-bond donors (Lipinski definition) is 0. The Hall–Kier alpha value is -0.930. The summed E-state index contributed by atoms with van der Waals surface area (Å²) in [4.78, 5) is 10.2. The molecule has 0 saturated carbocycles. The van der Waals surface area contributed by atoms with E-state index in [-0.39, 0.29) is 5.92 Å². The van der Waals surface area contributed by atoms with E-state index < -0.39 is 0 Å². The van der Waals surface area contributed by atoms with Crippen molar-refractivity contribution < 1.29 is 0 Å².